The summed E-state index contributed by atoms with van der Waals surface area (Å²) in [6.07, 6.45) is -15.4. The maximum absolute atomic E-state index is 13.5. The van der Waals surface area contributed by atoms with Gasteiger partial charge >= 0.3 is 0 Å². The molecular weight excluding hydrogens is 510 g/mol. The molecule has 18 heteroatoms. The van der Waals surface area contributed by atoms with Crippen LogP contribution in [0.5, 0.6) is 0 Å². The zero-order valence-electron chi connectivity index (χ0n) is 18.1. The fraction of sp³-hybridized carbons (Fsp3) is 1.00. The topological polar surface area (TPSA) is 215 Å². The molecule has 2 heterocycles. The molecule has 206 valence electrons. The second-order valence-corrected chi connectivity index (χ2v) is 9.78. The maximum Gasteiger partial charge on any atom is 0.186 e. The molecule has 0 amide bonds. The van der Waals surface area contributed by atoms with Gasteiger partial charge in [0.2, 0.25) is 0 Å². The van der Waals surface area contributed by atoms with E-state index in [9.17, 15) is 49.2 Å². The third kappa shape index (κ3) is 6.05. The highest BCUT2D eigenvalue weighted by atomic mass is 31.1. The van der Waals surface area contributed by atoms with Gasteiger partial charge in [-0.2, -0.15) is 11.1 Å². The van der Waals surface area contributed by atoms with Crippen molar-refractivity contribution >= 4 is 8.81 Å². The summed E-state index contributed by atoms with van der Waals surface area (Å²) in [7, 11) is -0.672. The Balaban J connectivity index is 1.65. The molecule has 3 aliphatic rings. The molecule has 3 rings (SSSR count). The van der Waals surface area contributed by atoms with E-state index < -0.39 is 107 Å². The Hall–Kier alpha value is -0.340. The van der Waals surface area contributed by atoms with Gasteiger partial charge in [-0.05, 0) is 6.42 Å². The number of nitrogens with one attached hydrogen (secondary N) is 3. The highest BCUT2D eigenvalue weighted by Gasteiger charge is 2.51. The van der Waals surface area contributed by atoms with Crippen molar-refractivity contribution in [2.75, 3.05) is 13.2 Å². The molecule has 2 saturated heterocycles. The quantitative estimate of drug-likeness (QED) is 0.0933. The summed E-state index contributed by atoms with van der Waals surface area (Å²) >= 11 is 0. The molecule has 35 heavy (non-hydrogen) atoms. The van der Waals surface area contributed by atoms with Crippen LogP contribution in [0.2, 0.25) is 0 Å². The Labute approximate surface area is 199 Å². The molecule has 1 aliphatic carbocycles. The summed E-state index contributed by atoms with van der Waals surface area (Å²) in [5.41, 5.74) is 3.08. The van der Waals surface area contributed by atoms with Crippen molar-refractivity contribution in [2.24, 2.45) is 0 Å². The van der Waals surface area contributed by atoms with E-state index >= 15 is 0 Å². The molecule has 10 N–H and O–H groups in total. The number of aliphatic hydroxyl groups is 7. The van der Waals surface area contributed by atoms with Crippen LogP contribution in [0.3, 0.4) is 0 Å². The molecule has 0 aromatic carbocycles. The van der Waals surface area contributed by atoms with Crippen LogP contribution >= 0.6 is 8.81 Å². The Morgan fingerprint density at radius 3 is 1.91 bits per heavy atom. The van der Waals surface area contributed by atoms with Gasteiger partial charge in [0.25, 0.3) is 0 Å². The molecule has 3 fully saturated rings. The summed E-state index contributed by atoms with van der Waals surface area (Å²) in [6, 6.07) is -4.28. The summed E-state index contributed by atoms with van der Waals surface area (Å²) in [5.74, 6) is 0. The van der Waals surface area contributed by atoms with Gasteiger partial charge in [-0.25, -0.2) is 0 Å². The van der Waals surface area contributed by atoms with Crippen molar-refractivity contribution in [3.8, 4) is 0 Å². The summed E-state index contributed by atoms with van der Waals surface area (Å²) < 4.78 is 61.3. The molecule has 0 aromatic heterocycles. The number of rotatable bonds is 10. The Kier molecular flexibility index (Phi) is 10.8. The zero-order valence-corrected chi connectivity index (χ0v) is 19.1. The number of aliphatic hydroxyl groups excluding tert-OH is 7. The molecular formula is C17H31F3N3O11P. The highest BCUT2D eigenvalue weighted by Crippen LogP contribution is 2.40. The Morgan fingerprint density at radius 2 is 1.34 bits per heavy atom. The minimum atomic E-state index is -1.79. The van der Waals surface area contributed by atoms with Gasteiger partial charge in [0, 0.05) is 14.5 Å². The first-order valence-electron chi connectivity index (χ1n) is 10.8. The third-order valence-corrected chi connectivity index (χ3v) is 7.69. The fourth-order valence-electron chi connectivity index (χ4n) is 4.35. The largest absolute Gasteiger partial charge is 0.394 e. The van der Waals surface area contributed by atoms with Crippen molar-refractivity contribution in [2.45, 2.75) is 91.6 Å². The monoisotopic (exact) mass is 541 g/mol. The number of hydrogen-bond acceptors (Lipinski definition) is 14. The van der Waals surface area contributed by atoms with Crippen molar-refractivity contribution in [1.82, 2.24) is 16.6 Å². The van der Waals surface area contributed by atoms with E-state index in [1.165, 1.54) is 16.6 Å². The minimum Gasteiger partial charge on any atom is -0.394 e. The van der Waals surface area contributed by atoms with Crippen LogP contribution < -0.4 is 16.6 Å². The van der Waals surface area contributed by atoms with Crippen LogP contribution in [0.4, 0.5) is 13.4 Å². The Bertz CT molecular complexity index is 670. The first kappa shape index (κ1) is 29.2. The van der Waals surface area contributed by atoms with E-state index in [0.29, 0.717) is 0 Å². The molecule has 1 saturated carbocycles. The Morgan fingerprint density at radius 1 is 0.743 bits per heavy atom. The van der Waals surface area contributed by atoms with Crippen molar-refractivity contribution in [1.29, 1.82) is 0 Å². The van der Waals surface area contributed by atoms with Crippen LogP contribution in [0.1, 0.15) is 6.42 Å². The second-order valence-electron chi connectivity index (χ2n) is 8.57. The fourth-order valence-corrected chi connectivity index (χ4v) is 5.54. The van der Waals surface area contributed by atoms with Gasteiger partial charge < -0.3 is 54.5 Å². The van der Waals surface area contributed by atoms with Gasteiger partial charge in [-0.1, -0.05) is 0 Å². The molecule has 15 unspecified atom stereocenters. The molecule has 0 aromatic rings. The second kappa shape index (κ2) is 12.9. The normalized spacial score (nSPS) is 49.2. The minimum absolute atomic E-state index is 0.0878. The standard InChI is InChI=1S/C17H31F3N3O11P/c18-21-4-1-7(35-34-16-9(23-20)13(29)11(27)6(3-25)31-16)12(28)15(4)33-17-14(30)8(22-19)10(26)5(2-24)32-17/h4-17,21-30,35H,1-3H2. The van der Waals surface area contributed by atoms with Crippen LogP contribution in [0.25, 0.3) is 0 Å². The summed E-state index contributed by atoms with van der Waals surface area (Å²) in [6.45, 7) is -1.44. The van der Waals surface area contributed by atoms with E-state index in [1.54, 1.807) is 0 Å². The van der Waals surface area contributed by atoms with E-state index in [4.69, 9.17) is 18.7 Å². The summed E-state index contributed by atoms with van der Waals surface area (Å²) in [5, 5.41) is 69.4. The lowest BCUT2D eigenvalue weighted by Crippen LogP contribution is -2.64. The van der Waals surface area contributed by atoms with Crippen LogP contribution in [-0.4, -0.2) is 134 Å². The average molecular weight is 541 g/mol. The average Bonchev–Trinajstić information content (AvgIpc) is 3.15. The van der Waals surface area contributed by atoms with Gasteiger partial charge in [0.1, 0.15) is 48.8 Å². The van der Waals surface area contributed by atoms with Gasteiger partial charge in [0.05, 0.1) is 31.4 Å². The number of halogens is 3. The predicted octanol–water partition coefficient (Wildman–Crippen LogP) is -4.48. The van der Waals surface area contributed by atoms with E-state index in [2.05, 4.69) is 0 Å². The lowest BCUT2D eigenvalue weighted by molar-refractivity contribution is -0.302. The third-order valence-electron chi connectivity index (χ3n) is 6.44. The smallest absolute Gasteiger partial charge is 0.186 e. The molecule has 0 radical (unpaired) electrons. The number of hydrogen-bond donors (Lipinski definition) is 10. The van der Waals surface area contributed by atoms with Crippen LogP contribution in [0.15, 0.2) is 0 Å². The predicted molar refractivity (Wildman–Crippen MR) is 108 cm³/mol. The first-order valence-corrected chi connectivity index (χ1v) is 11.8. The SMILES string of the molecule is OCC1OC(OPC2CC(NF)C(OC3OC(CO)C(O)C(NF)C3O)C2O)C(NF)C(O)C1O. The number of ether oxygens (including phenoxy) is 3. The molecule has 2 aliphatic heterocycles. The van der Waals surface area contributed by atoms with Crippen molar-refractivity contribution < 1.29 is 67.9 Å². The van der Waals surface area contributed by atoms with Gasteiger partial charge in [-0.3, -0.25) is 0 Å². The first-order chi connectivity index (χ1) is 16.7. The molecule has 15 atom stereocenters. The molecule has 0 spiro atoms. The van der Waals surface area contributed by atoms with Crippen molar-refractivity contribution in [3.63, 3.8) is 0 Å². The molecule has 14 nitrogen and oxygen atoms in total. The maximum atomic E-state index is 13.5. The van der Waals surface area contributed by atoms with E-state index in [1.807, 2.05) is 0 Å². The summed E-state index contributed by atoms with van der Waals surface area (Å²) in [4.78, 5) is 0. The zero-order chi connectivity index (χ0) is 25.9. The van der Waals surface area contributed by atoms with Gasteiger partial charge in [-0.15, -0.1) is 19.0 Å². The van der Waals surface area contributed by atoms with Crippen LogP contribution in [0, 0.1) is 0 Å². The lowest BCUT2D eigenvalue weighted by Gasteiger charge is -2.42. The van der Waals surface area contributed by atoms with Crippen LogP contribution in [-0.2, 0) is 18.7 Å². The van der Waals surface area contributed by atoms with Crippen molar-refractivity contribution in [3.05, 3.63) is 0 Å². The van der Waals surface area contributed by atoms with E-state index in [0.717, 1.165) is 0 Å². The highest BCUT2D eigenvalue weighted by molar-refractivity contribution is 7.33. The molecule has 0 bridgehead atoms. The van der Waals surface area contributed by atoms with Gasteiger partial charge in [0.15, 0.2) is 12.6 Å². The van der Waals surface area contributed by atoms with E-state index in [-0.39, 0.29) is 6.42 Å². The lowest BCUT2D eigenvalue weighted by atomic mass is 9.97.